The third kappa shape index (κ3) is 2.74. The molecule has 1 fully saturated rings. The van der Waals surface area contributed by atoms with Crippen molar-refractivity contribution in [3.05, 3.63) is 34.9 Å². The Morgan fingerprint density at radius 3 is 2.89 bits per heavy atom. The zero-order chi connectivity index (χ0) is 13.2. The number of carbonyl (C=O) groups excluding carboxylic acids is 1. The lowest BCUT2D eigenvalue weighted by atomic mass is 9.93. The van der Waals surface area contributed by atoms with Crippen LogP contribution in [0.25, 0.3) is 0 Å². The quantitative estimate of drug-likeness (QED) is 0.829. The maximum atomic E-state index is 11.8. The molecule has 0 radical (unpaired) electrons. The van der Waals surface area contributed by atoms with Gasteiger partial charge in [-0.05, 0) is 42.4 Å². The molecule has 1 aliphatic heterocycles. The minimum absolute atomic E-state index is 0.267. The lowest BCUT2D eigenvalue weighted by molar-refractivity contribution is -0.126. The number of fused-ring (bicyclic) bond motifs is 1. The Bertz CT molecular complexity index is 480. The molecule has 3 rings (SSSR count). The van der Waals surface area contributed by atoms with E-state index in [2.05, 4.69) is 30.0 Å². The van der Waals surface area contributed by atoms with Crippen LogP contribution in [0.2, 0.25) is 0 Å². The molecule has 0 spiro atoms. The molecule has 19 heavy (non-hydrogen) atoms. The van der Waals surface area contributed by atoms with Crippen molar-refractivity contribution in [3.8, 4) is 0 Å². The van der Waals surface area contributed by atoms with E-state index in [0.29, 0.717) is 5.78 Å². The predicted molar refractivity (Wildman–Crippen MR) is 77.1 cm³/mol. The molecule has 1 aliphatic carbocycles. The minimum atomic E-state index is 0.267. The SMILES string of the molecule is CCC1CN(Cc2ccc3c(c2)CCC3)CCC1=O. The number of hydrogen-bond donors (Lipinski definition) is 0. The van der Waals surface area contributed by atoms with Gasteiger partial charge in [-0.2, -0.15) is 0 Å². The molecule has 1 aromatic carbocycles. The smallest absolute Gasteiger partial charge is 0.138 e. The second-order valence-corrected chi connectivity index (χ2v) is 6.01. The zero-order valence-electron chi connectivity index (χ0n) is 11.8. The molecule has 0 aromatic heterocycles. The first-order valence-corrected chi connectivity index (χ1v) is 7.62. The van der Waals surface area contributed by atoms with Crippen LogP contribution >= 0.6 is 0 Å². The number of nitrogens with zero attached hydrogens (tertiary/aromatic N) is 1. The summed E-state index contributed by atoms with van der Waals surface area (Å²) in [7, 11) is 0. The molecule has 1 aromatic rings. The number of carbonyl (C=O) groups is 1. The van der Waals surface area contributed by atoms with E-state index in [1.54, 1.807) is 11.1 Å². The van der Waals surface area contributed by atoms with Crippen LogP contribution in [-0.4, -0.2) is 23.8 Å². The lowest BCUT2D eigenvalue weighted by Gasteiger charge is -2.31. The van der Waals surface area contributed by atoms with Gasteiger partial charge in [0, 0.05) is 32.0 Å². The molecular weight excluding hydrogens is 234 g/mol. The highest BCUT2D eigenvalue weighted by Crippen LogP contribution is 2.24. The molecule has 102 valence electrons. The summed E-state index contributed by atoms with van der Waals surface area (Å²) < 4.78 is 0. The Labute approximate surface area is 115 Å². The van der Waals surface area contributed by atoms with Crippen molar-refractivity contribution in [2.24, 2.45) is 5.92 Å². The van der Waals surface area contributed by atoms with Gasteiger partial charge in [-0.1, -0.05) is 25.1 Å². The van der Waals surface area contributed by atoms with Crippen LogP contribution in [0.5, 0.6) is 0 Å². The summed E-state index contributed by atoms with van der Waals surface area (Å²) in [4.78, 5) is 14.2. The first kappa shape index (κ1) is 12.9. The van der Waals surface area contributed by atoms with Gasteiger partial charge >= 0.3 is 0 Å². The normalized spacial score (nSPS) is 23.6. The maximum absolute atomic E-state index is 11.8. The number of ketones is 1. The van der Waals surface area contributed by atoms with E-state index in [0.717, 1.165) is 32.5 Å². The van der Waals surface area contributed by atoms with Gasteiger partial charge in [0.25, 0.3) is 0 Å². The molecule has 1 unspecified atom stereocenters. The van der Waals surface area contributed by atoms with E-state index in [-0.39, 0.29) is 5.92 Å². The van der Waals surface area contributed by atoms with Crippen LogP contribution < -0.4 is 0 Å². The first-order chi connectivity index (χ1) is 9.26. The highest BCUT2D eigenvalue weighted by atomic mass is 16.1. The van der Waals surface area contributed by atoms with Gasteiger partial charge in [-0.3, -0.25) is 9.69 Å². The van der Waals surface area contributed by atoms with Gasteiger partial charge in [-0.25, -0.2) is 0 Å². The number of aryl methyl sites for hydroxylation is 2. The van der Waals surface area contributed by atoms with Crippen molar-refractivity contribution in [3.63, 3.8) is 0 Å². The molecule has 0 N–H and O–H groups in total. The largest absolute Gasteiger partial charge is 0.299 e. The lowest BCUT2D eigenvalue weighted by Crippen LogP contribution is -2.40. The van der Waals surface area contributed by atoms with Gasteiger partial charge < -0.3 is 0 Å². The second kappa shape index (κ2) is 5.46. The number of rotatable bonds is 3. The number of Topliss-reactive ketones (excluding diaryl/α,β-unsaturated/α-hetero) is 1. The van der Waals surface area contributed by atoms with E-state index in [4.69, 9.17) is 0 Å². The molecule has 0 saturated carbocycles. The first-order valence-electron chi connectivity index (χ1n) is 7.62. The number of likely N-dealkylation sites (tertiary alicyclic amines) is 1. The van der Waals surface area contributed by atoms with E-state index >= 15 is 0 Å². The molecular formula is C17H23NO. The monoisotopic (exact) mass is 257 g/mol. The molecule has 1 saturated heterocycles. The fourth-order valence-corrected chi connectivity index (χ4v) is 3.46. The van der Waals surface area contributed by atoms with Crippen molar-refractivity contribution in [2.75, 3.05) is 13.1 Å². The summed E-state index contributed by atoms with van der Waals surface area (Å²) in [5.41, 5.74) is 4.52. The van der Waals surface area contributed by atoms with Crippen molar-refractivity contribution < 1.29 is 4.79 Å². The van der Waals surface area contributed by atoms with Gasteiger partial charge in [-0.15, -0.1) is 0 Å². The summed E-state index contributed by atoms with van der Waals surface area (Å²) in [6, 6.07) is 6.98. The van der Waals surface area contributed by atoms with E-state index in [9.17, 15) is 4.79 Å². The van der Waals surface area contributed by atoms with Crippen LogP contribution in [0.4, 0.5) is 0 Å². The van der Waals surface area contributed by atoms with Crippen molar-refractivity contribution in [1.82, 2.24) is 4.90 Å². The van der Waals surface area contributed by atoms with Crippen LogP contribution in [-0.2, 0) is 24.2 Å². The van der Waals surface area contributed by atoms with E-state index in [1.165, 1.54) is 24.8 Å². The molecule has 1 atom stereocenters. The Morgan fingerprint density at radius 1 is 1.21 bits per heavy atom. The molecule has 1 heterocycles. The summed E-state index contributed by atoms with van der Waals surface area (Å²) in [5, 5.41) is 0. The number of benzene rings is 1. The van der Waals surface area contributed by atoms with Gasteiger partial charge in [0.05, 0.1) is 0 Å². The standard InChI is InChI=1S/C17H23NO/c1-2-14-12-18(9-8-17(14)19)11-13-6-7-15-4-3-5-16(15)10-13/h6-7,10,14H,2-5,8-9,11-12H2,1H3. The second-order valence-electron chi connectivity index (χ2n) is 6.01. The van der Waals surface area contributed by atoms with Crippen molar-refractivity contribution in [2.45, 2.75) is 45.6 Å². The Hall–Kier alpha value is -1.15. The molecule has 0 amide bonds. The number of hydrogen-bond acceptors (Lipinski definition) is 2. The van der Waals surface area contributed by atoms with Crippen molar-refractivity contribution in [1.29, 1.82) is 0 Å². The van der Waals surface area contributed by atoms with Gasteiger partial charge in [0.1, 0.15) is 5.78 Å². The predicted octanol–water partition coefficient (Wildman–Crippen LogP) is 2.98. The van der Waals surface area contributed by atoms with E-state index < -0.39 is 0 Å². The third-order valence-corrected chi connectivity index (χ3v) is 4.67. The van der Waals surface area contributed by atoms with Crippen LogP contribution in [0.1, 0.15) is 42.9 Å². The summed E-state index contributed by atoms with van der Waals surface area (Å²) in [5.74, 6) is 0.732. The summed E-state index contributed by atoms with van der Waals surface area (Å²) >= 11 is 0. The van der Waals surface area contributed by atoms with E-state index in [1.807, 2.05) is 0 Å². The Morgan fingerprint density at radius 2 is 2.05 bits per heavy atom. The van der Waals surface area contributed by atoms with Gasteiger partial charge in [0.2, 0.25) is 0 Å². The summed E-state index contributed by atoms with van der Waals surface area (Å²) in [6.07, 6.45) is 5.54. The molecule has 0 bridgehead atoms. The van der Waals surface area contributed by atoms with Gasteiger partial charge in [0.15, 0.2) is 0 Å². The topological polar surface area (TPSA) is 20.3 Å². The molecule has 2 aliphatic rings. The Kier molecular flexibility index (Phi) is 3.69. The van der Waals surface area contributed by atoms with Crippen LogP contribution in [0.3, 0.4) is 0 Å². The van der Waals surface area contributed by atoms with Crippen LogP contribution in [0, 0.1) is 5.92 Å². The zero-order valence-corrected chi connectivity index (χ0v) is 11.8. The highest BCUT2D eigenvalue weighted by Gasteiger charge is 2.25. The minimum Gasteiger partial charge on any atom is -0.299 e. The average molecular weight is 257 g/mol. The highest BCUT2D eigenvalue weighted by molar-refractivity contribution is 5.82. The van der Waals surface area contributed by atoms with Crippen LogP contribution in [0.15, 0.2) is 18.2 Å². The fourth-order valence-electron chi connectivity index (χ4n) is 3.46. The Balaban J connectivity index is 1.66. The average Bonchev–Trinajstić information content (AvgIpc) is 2.88. The third-order valence-electron chi connectivity index (χ3n) is 4.67. The molecule has 2 heteroatoms. The summed E-state index contributed by atoms with van der Waals surface area (Å²) in [6.45, 7) is 5.03. The fraction of sp³-hybridized carbons (Fsp3) is 0.588. The van der Waals surface area contributed by atoms with Crippen molar-refractivity contribution >= 4 is 5.78 Å². The molecule has 2 nitrogen and oxygen atoms in total. The maximum Gasteiger partial charge on any atom is 0.138 e. The number of piperidine rings is 1.